The maximum absolute atomic E-state index is 9.91. The molecule has 4 heteroatoms. The van der Waals surface area contributed by atoms with E-state index in [0.29, 0.717) is 0 Å². The minimum atomic E-state index is -1.23. The molecule has 0 spiro atoms. The molecule has 0 aromatic carbocycles. The first-order valence-corrected chi connectivity index (χ1v) is 2.53. The van der Waals surface area contributed by atoms with Gasteiger partial charge in [-0.25, -0.2) is 4.79 Å². The molecule has 0 heterocycles. The highest BCUT2D eigenvalue weighted by atomic mass is 16.4. The third-order valence-corrected chi connectivity index (χ3v) is 0.776. The van der Waals surface area contributed by atoms with Gasteiger partial charge in [0.25, 0.3) is 0 Å². The Kier molecular flexibility index (Phi) is 3.51. The Morgan fingerprint density at radius 2 is 2.50 bits per heavy atom. The van der Waals surface area contributed by atoms with E-state index in [1.54, 1.807) is 6.07 Å². The van der Waals surface area contributed by atoms with Crippen molar-refractivity contribution in [3.8, 4) is 18.4 Å². The zero-order valence-corrected chi connectivity index (χ0v) is 5.16. The lowest BCUT2D eigenvalue weighted by Crippen LogP contribution is -2.31. The van der Waals surface area contributed by atoms with Crippen LogP contribution in [0.25, 0.3) is 0 Å². The molecule has 0 rings (SSSR count). The quantitative estimate of drug-likeness (QED) is 0.534. The number of hydrogen-bond donors (Lipinski definition) is 2. The summed E-state index contributed by atoms with van der Waals surface area (Å²) in [7, 11) is 0. The van der Waals surface area contributed by atoms with Crippen LogP contribution in [0.2, 0.25) is 0 Å². The number of nitriles is 1. The van der Waals surface area contributed by atoms with Gasteiger partial charge in [-0.3, -0.25) is 0 Å². The van der Waals surface area contributed by atoms with Crippen molar-refractivity contribution < 1.29 is 9.90 Å². The average molecular weight is 138 g/mol. The fourth-order valence-corrected chi connectivity index (χ4v) is 0.396. The molecular weight excluding hydrogens is 132 g/mol. The molecular formula is C6H6N2O2. The summed E-state index contributed by atoms with van der Waals surface area (Å²) in [5.74, 6) is 2.18. The van der Waals surface area contributed by atoms with Crippen molar-refractivity contribution in [1.29, 1.82) is 5.26 Å². The number of rotatable bonds is 2. The first kappa shape index (κ1) is 8.32. The van der Waals surface area contributed by atoms with E-state index in [0.717, 1.165) is 0 Å². The second-order valence-corrected chi connectivity index (χ2v) is 1.54. The molecule has 0 fully saturated rings. The highest BCUT2D eigenvalue weighted by Crippen LogP contribution is 1.86. The van der Waals surface area contributed by atoms with Crippen LogP contribution in [0, 0.1) is 23.7 Å². The van der Waals surface area contributed by atoms with Gasteiger partial charge < -0.3 is 10.4 Å². The largest absolute Gasteiger partial charge is 0.465 e. The molecule has 0 aliphatic carbocycles. The number of terminal acetylenes is 1. The smallest absolute Gasteiger partial charge is 0.405 e. The summed E-state index contributed by atoms with van der Waals surface area (Å²) in [6.45, 7) is 0. The molecule has 0 saturated carbocycles. The Morgan fingerprint density at radius 1 is 1.90 bits per heavy atom. The van der Waals surface area contributed by atoms with Crippen LogP contribution >= 0.6 is 0 Å². The molecule has 1 unspecified atom stereocenters. The first-order chi connectivity index (χ1) is 4.70. The molecule has 2 N–H and O–H groups in total. The molecule has 0 bridgehead atoms. The van der Waals surface area contributed by atoms with E-state index in [2.05, 4.69) is 5.92 Å². The number of nitrogens with one attached hydrogen (secondary N) is 1. The minimum absolute atomic E-state index is 0.100. The summed E-state index contributed by atoms with van der Waals surface area (Å²) >= 11 is 0. The fraction of sp³-hybridized carbons (Fsp3) is 0.333. The topological polar surface area (TPSA) is 73.1 Å². The summed E-state index contributed by atoms with van der Waals surface area (Å²) in [5, 5.41) is 18.3. The second kappa shape index (κ2) is 4.22. The molecule has 0 aromatic heterocycles. The van der Waals surface area contributed by atoms with Gasteiger partial charge in [-0.1, -0.05) is 0 Å². The third-order valence-electron chi connectivity index (χ3n) is 0.776. The van der Waals surface area contributed by atoms with Crippen molar-refractivity contribution in [3.63, 3.8) is 0 Å². The Bertz CT molecular complexity index is 199. The van der Waals surface area contributed by atoms with Crippen molar-refractivity contribution in [1.82, 2.24) is 5.32 Å². The van der Waals surface area contributed by atoms with Crippen molar-refractivity contribution >= 4 is 6.09 Å². The standard InChI is InChI=1S/C6H6N2O2/c1-2-3-5(4-7)8-6(9)10/h1,5,8H,3H2,(H,9,10). The maximum atomic E-state index is 9.91. The van der Waals surface area contributed by atoms with Gasteiger partial charge in [0.2, 0.25) is 0 Å². The minimum Gasteiger partial charge on any atom is -0.465 e. The van der Waals surface area contributed by atoms with E-state index in [1.165, 1.54) is 0 Å². The van der Waals surface area contributed by atoms with Crippen LogP contribution in [-0.2, 0) is 0 Å². The molecule has 0 aliphatic heterocycles. The van der Waals surface area contributed by atoms with Gasteiger partial charge in [-0.05, 0) is 0 Å². The zero-order chi connectivity index (χ0) is 7.98. The average Bonchev–Trinajstić information content (AvgIpc) is 1.86. The Morgan fingerprint density at radius 3 is 2.80 bits per heavy atom. The summed E-state index contributed by atoms with van der Waals surface area (Å²) in [5.41, 5.74) is 0. The monoisotopic (exact) mass is 138 g/mol. The lowest BCUT2D eigenvalue weighted by molar-refractivity contribution is 0.192. The van der Waals surface area contributed by atoms with Gasteiger partial charge in [0, 0.05) is 6.42 Å². The van der Waals surface area contributed by atoms with Gasteiger partial charge in [-0.2, -0.15) is 5.26 Å². The van der Waals surface area contributed by atoms with Crippen LogP contribution in [0.15, 0.2) is 0 Å². The SMILES string of the molecule is C#CCC(C#N)NC(=O)O. The van der Waals surface area contributed by atoms with Crippen LogP contribution < -0.4 is 5.32 Å². The van der Waals surface area contributed by atoms with Gasteiger partial charge >= 0.3 is 6.09 Å². The normalized spacial score (nSPS) is 10.6. The van der Waals surface area contributed by atoms with Crippen LogP contribution in [0.3, 0.4) is 0 Å². The van der Waals surface area contributed by atoms with Crippen molar-refractivity contribution in [2.24, 2.45) is 0 Å². The van der Waals surface area contributed by atoms with Gasteiger partial charge in [0.15, 0.2) is 0 Å². The van der Waals surface area contributed by atoms with Crippen molar-refractivity contribution in [2.45, 2.75) is 12.5 Å². The van der Waals surface area contributed by atoms with Crippen LogP contribution in [0.4, 0.5) is 4.79 Å². The van der Waals surface area contributed by atoms with E-state index in [-0.39, 0.29) is 6.42 Å². The molecule has 0 aromatic rings. The zero-order valence-electron chi connectivity index (χ0n) is 5.16. The van der Waals surface area contributed by atoms with Crippen molar-refractivity contribution in [3.05, 3.63) is 0 Å². The van der Waals surface area contributed by atoms with Gasteiger partial charge in [0.1, 0.15) is 6.04 Å². The summed E-state index contributed by atoms with van der Waals surface area (Å²) in [6, 6.07) is 0.911. The molecule has 52 valence electrons. The van der Waals surface area contributed by atoms with E-state index < -0.39 is 12.1 Å². The van der Waals surface area contributed by atoms with Crippen LogP contribution in [0.5, 0.6) is 0 Å². The molecule has 0 saturated heterocycles. The molecule has 1 amide bonds. The van der Waals surface area contributed by atoms with E-state index in [4.69, 9.17) is 16.8 Å². The van der Waals surface area contributed by atoms with E-state index >= 15 is 0 Å². The second-order valence-electron chi connectivity index (χ2n) is 1.54. The summed E-state index contributed by atoms with van der Waals surface area (Å²) in [6.07, 6.45) is 3.71. The first-order valence-electron chi connectivity index (χ1n) is 2.53. The maximum Gasteiger partial charge on any atom is 0.405 e. The number of hydrogen-bond acceptors (Lipinski definition) is 2. The van der Waals surface area contributed by atoms with E-state index in [9.17, 15) is 4.79 Å². The lowest BCUT2D eigenvalue weighted by atomic mass is 10.2. The number of carbonyl (C=O) groups is 1. The lowest BCUT2D eigenvalue weighted by Gasteiger charge is -2.02. The van der Waals surface area contributed by atoms with Crippen LogP contribution in [-0.4, -0.2) is 17.2 Å². The van der Waals surface area contributed by atoms with E-state index in [1.807, 2.05) is 5.32 Å². The highest BCUT2D eigenvalue weighted by Gasteiger charge is 2.06. The third kappa shape index (κ3) is 3.34. The fourth-order valence-electron chi connectivity index (χ4n) is 0.396. The molecule has 10 heavy (non-hydrogen) atoms. The Hall–Kier alpha value is -1.68. The predicted octanol–water partition coefficient (Wildman–Crippen LogP) is 0.169. The van der Waals surface area contributed by atoms with Gasteiger partial charge in [0.05, 0.1) is 6.07 Å². The molecule has 1 atom stereocenters. The molecule has 0 radical (unpaired) electrons. The number of nitrogens with zero attached hydrogens (tertiary/aromatic N) is 1. The number of carboxylic acid groups (broad SMARTS) is 1. The van der Waals surface area contributed by atoms with Gasteiger partial charge in [-0.15, -0.1) is 12.3 Å². The van der Waals surface area contributed by atoms with Crippen molar-refractivity contribution in [2.75, 3.05) is 0 Å². The highest BCUT2D eigenvalue weighted by molar-refractivity contribution is 5.65. The summed E-state index contributed by atoms with van der Waals surface area (Å²) < 4.78 is 0. The number of amides is 1. The Labute approximate surface area is 58.5 Å². The molecule has 4 nitrogen and oxygen atoms in total. The summed E-state index contributed by atoms with van der Waals surface area (Å²) in [4.78, 5) is 9.91. The van der Waals surface area contributed by atoms with Crippen LogP contribution in [0.1, 0.15) is 6.42 Å². The molecule has 0 aliphatic rings. The predicted molar refractivity (Wildman–Crippen MR) is 34.0 cm³/mol. The Balaban J connectivity index is 3.77.